The summed E-state index contributed by atoms with van der Waals surface area (Å²) in [5.74, 6) is -2.90. The Kier molecular flexibility index (Phi) is 6.35. The van der Waals surface area contributed by atoms with Gasteiger partial charge in [-0.3, -0.25) is 24.7 Å². The van der Waals surface area contributed by atoms with Crippen LogP contribution in [0.15, 0.2) is 53.5 Å². The molecule has 162 valence electrons. The maximum Gasteiger partial charge on any atom is 0.272 e. The minimum Gasteiger partial charge on any atom is -0.368 e. The molecule has 1 aliphatic heterocycles. The first-order valence-corrected chi connectivity index (χ1v) is 9.07. The average Bonchev–Trinajstić information content (AvgIpc) is 3.14. The molecule has 0 aromatic heterocycles. The third-order valence-electron chi connectivity index (χ3n) is 4.63. The highest BCUT2D eigenvalue weighted by atomic mass is 19.3. The molecular formula is C20H18F3N5O3. The number of hydrogen-bond donors (Lipinski definition) is 4. The van der Waals surface area contributed by atoms with Crippen molar-refractivity contribution in [2.75, 3.05) is 17.3 Å². The Bertz CT molecular complexity index is 1030. The second kappa shape index (κ2) is 8.96. The number of nitrogens with zero attached hydrogens (tertiary/aromatic N) is 1. The second-order valence-electron chi connectivity index (χ2n) is 6.70. The maximum atomic E-state index is 13.0. The van der Waals surface area contributed by atoms with Crippen molar-refractivity contribution in [3.8, 4) is 0 Å². The summed E-state index contributed by atoms with van der Waals surface area (Å²) in [7, 11) is 0. The van der Waals surface area contributed by atoms with E-state index in [4.69, 9.17) is 5.73 Å². The summed E-state index contributed by atoms with van der Waals surface area (Å²) in [6.45, 7) is -0.202. The van der Waals surface area contributed by atoms with Gasteiger partial charge in [-0.05, 0) is 48.5 Å². The van der Waals surface area contributed by atoms with Crippen LogP contribution in [0.25, 0.3) is 0 Å². The van der Waals surface area contributed by atoms with Gasteiger partial charge >= 0.3 is 0 Å². The number of halogens is 3. The molecule has 5 N–H and O–H groups in total. The summed E-state index contributed by atoms with van der Waals surface area (Å²) in [4.78, 5) is 40.4. The van der Waals surface area contributed by atoms with E-state index in [0.29, 0.717) is 5.69 Å². The van der Waals surface area contributed by atoms with Crippen molar-refractivity contribution in [3.05, 3.63) is 59.9 Å². The van der Waals surface area contributed by atoms with Crippen molar-refractivity contribution in [2.24, 2.45) is 10.7 Å². The fraction of sp³-hybridized carbons (Fsp3) is 0.200. The number of nitrogens with one attached hydrogen (secondary N) is 3. The van der Waals surface area contributed by atoms with Crippen molar-refractivity contribution >= 4 is 34.8 Å². The number of primary amides is 1. The minimum absolute atomic E-state index is 0.202. The monoisotopic (exact) mass is 433 g/mol. The Morgan fingerprint density at radius 2 is 1.55 bits per heavy atom. The van der Waals surface area contributed by atoms with E-state index < -0.39 is 47.6 Å². The van der Waals surface area contributed by atoms with Crippen molar-refractivity contribution < 1.29 is 27.6 Å². The van der Waals surface area contributed by atoms with Gasteiger partial charge in [-0.1, -0.05) is 0 Å². The first-order chi connectivity index (χ1) is 14.7. The average molecular weight is 433 g/mol. The van der Waals surface area contributed by atoms with Crippen LogP contribution in [0.3, 0.4) is 0 Å². The van der Waals surface area contributed by atoms with Crippen LogP contribution in [0.2, 0.25) is 0 Å². The number of carbonyl (C=O) groups is 3. The van der Waals surface area contributed by atoms with Gasteiger partial charge in [0.1, 0.15) is 11.5 Å². The molecule has 1 aliphatic rings. The number of rotatable bonds is 7. The fourth-order valence-corrected chi connectivity index (χ4v) is 3.07. The van der Waals surface area contributed by atoms with Gasteiger partial charge in [-0.15, -0.1) is 0 Å². The van der Waals surface area contributed by atoms with Gasteiger partial charge in [-0.2, -0.15) is 0 Å². The molecule has 0 aliphatic carbocycles. The molecule has 2 aromatic carbocycles. The zero-order valence-electron chi connectivity index (χ0n) is 16.0. The van der Waals surface area contributed by atoms with E-state index in [1.807, 2.05) is 0 Å². The van der Waals surface area contributed by atoms with Crippen molar-refractivity contribution in [2.45, 2.75) is 18.4 Å². The molecule has 2 aromatic rings. The van der Waals surface area contributed by atoms with Crippen LogP contribution < -0.4 is 21.7 Å². The topological polar surface area (TPSA) is 126 Å². The van der Waals surface area contributed by atoms with Gasteiger partial charge in [-0.25, -0.2) is 13.2 Å². The standard InChI is InChI=1S/C20H18F3N5O3/c21-12-3-1-11(2-4-12)17(29)27-13-5-7-14(8-6-13)28-18(30)16-20(19(24)31,9-15(22)23)26-10-25-16/h1-8,15,26H,9-10H2,(H2,24,31)(H,27,29)(H,28,30). The summed E-state index contributed by atoms with van der Waals surface area (Å²) in [5.41, 5.74) is 3.72. The third-order valence-corrected chi connectivity index (χ3v) is 4.63. The van der Waals surface area contributed by atoms with Crippen molar-refractivity contribution in [1.29, 1.82) is 0 Å². The van der Waals surface area contributed by atoms with Crippen LogP contribution in [-0.2, 0) is 9.59 Å². The molecule has 0 saturated heterocycles. The molecule has 0 radical (unpaired) electrons. The molecule has 3 amide bonds. The molecular weight excluding hydrogens is 415 g/mol. The molecule has 1 atom stereocenters. The van der Waals surface area contributed by atoms with Crippen LogP contribution in [0, 0.1) is 5.82 Å². The lowest BCUT2D eigenvalue weighted by Gasteiger charge is -2.26. The maximum absolute atomic E-state index is 13.0. The highest BCUT2D eigenvalue weighted by Crippen LogP contribution is 2.23. The molecule has 1 heterocycles. The normalized spacial score (nSPS) is 17.9. The van der Waals surface area contributed by atoms with Gasteiger partial charge in [0.25, 0.3) is 11.8 Å². The Hall–Kier alpha value is -3.73. The number of carbonyl (C=O) groups excluding carboxylic acids is 3. The number of benzene rings is 2. The van der Waals surface area contributed by atoms with E-state index in [0.717, 1.165) is 12.1 Å². The number of amides is 3. The number of nitrogens with two attached hydrogens (primary N) is 1. The molecule has 0 fully saturated rings. The Morgan fingerprint density at radius 1 is 1.00 bits per heavy atom. The molecule has 1 unspecified atom stereocenters. The van der Waals surface area contributed by atoms with E-state index in [1.165, 1.54) is 36.4 Å². The molecule has 31 heavy (non-hydrogen) atoms. The second-order valence-corrected chi connectivity index (χ2v) is 6.70. The fourth-order valence-electron chi connectivity index (χ4n) is 3.07. The van der Waals surface area contributed by atoms with Crippen LogP contribution in [-0.4, -0.2) is 42.1 Å². The zero-order chi connectivity index (χ0) is 22.6. The summed E-state index contributed by atoms with van der Waals surface area (Å²) in [5, 5.41) is 7.56. The minimum atomic E-state index is -2.89. The van der Waals surface area contributed by atoms with Crippen LogP contribution in [0.1, 0.15) is 16.8 Å². The predicted octanol–water partition coefficient (Wildman–Crippen LogP) is 1.90. The van der Waals surface area contributed by atoms with E-state index in [1.54, 1.807) is 0 Å². The van der Waals surface area contributed by atoms with E-state index in [2.05, 4.69) is 20.9 Å². The number of alkyl halides is 2. The SMILES string of the molecule is NC(=O)C1(CC(F)F)NCN=C1C(=O)Nc1ccc(NC(=O)c2ccc(F)cc2)cc1. The zero-order valence-corrected chi connectivity index (χ0v) is 16.0. The van der Waals surface area contributed by atoms with Gasteiger partial charge < -0.3 is 16.4 Å². The lowest BCUT2D eigenvalue weighted by molar-refractivity contribution is -0.124. The van der Waals surface area contributed by atoms with Gasteiger partial charge in [0.15, 0.2) is 5.54 Å². The number of anilines is 2. The molecule has 0 saturated carbocycles. The van der Waals surface area contributed by atoms with Crippen molar-refractivity contribution in [3.63, 3.8) is 0 Å². The van der Waals surface area contributed by atoms with Crippen molar-refractivity contribution in [1.82, 2.24) is 5.32 Å². The largest absolute Gasteiger partial charge is 0.368 e. The highest BCUT2D eigenvalue weighted by molar-refractivity contribution is 6.50. The van der Waals surface area contributed by atoms with E-state index in [-0.39, 0.29) is 17.9 Å². The van der Waals surface area contributed by atoms with Gasteiger partial charge in [0, 0.05) is 23.4 Å². The number of aliphatic imine (C=N–C) groups is 1. The van der Waals surface area contributed by atoms with E-state index in [9.17, 15) is 27.6 Å². The molecule has 11 heteroatoms. The van der Waals surface area contributed by atoms with Crippen LogP contribution in [0.4, 0.5) is 24.5 Å². The summed E-state index contributed by atoms with van der Waals surface area (Å²) >= 11 is 0. The Labute approximate surface area is 174 Å². The quantitative estimate of drug-likeness (QED) is 0.532. The Balaban J connectivity index is 1.68. The number of hydrogen-bond acceptors (Lipinski definition) is 5. The Morgan fingerprint density at radius 3 is 2.06 bits per heavy atom. The molecule has 0 bridgehead atoms. The highest BCUT2D eigenvalue weighted by Gasteiger charge is 2.49. The first kappa shape index (κ1) is 22.0. The molecule has 0 spiro atoms. The summed E-state index contributed by atoms with van der Waals surface area (Å²) in [6, 6.07) is 10.9. The lowest BCUT2D eigenvalue weighted by Crippen LogP contribution is -2.61. The van der Waals surface area contributed by atoms with Gasteiger partial charge in [0.2, 0.25) is 12.3 Å². The lowest BCUT2D eigenvalue weighted by atomic mass is 9.88. The van der Waals surface area contributed by atoms with Gasteiger partial charge in [0.05, 0.1) is 6.67 Å². The summed E-state index contributed by atoms with van der Waals surface area (Å²) in [6.07, 6.45) is -3.87. The molecule has 8 nitrogen and oxygen atoms in total. The summed E-state index contributed by atoms with van der Waals surface area (Å²) < 4.78 is 38.9. The van der Waals surface area contributed by atoms with E-state index >= 15 is 0 Å². The third kappa shape index (κ3) is 4.89. The first-order valence-electron chi connectivity index (χ1n) is 9.07. The van der Waals surface area contributed by atoms with Crippen LogP contribution >= 0.6 is 0 Å². The molecule has 3 rings (SSSR count). The smallest absolute Gasteiger partial charge is 0.272 e. The van der Waals surface area contributed by atoms with Crippen LogP contribution in [0.5, 0.6) is 0 Å². The predicted molar refractivity (Wildman–Crippen MR) is 107 cm³/mol.